The van der Waals surface area contributed by atoms with Gasteiger partial charge in [0.2, 0.25) is 0 Å². The van der Waals surface area contributed by atoms with Gasteiger partial charge in [-0.1, -0.05) is 0 Å². The molecule has 18 heavy (non-hydrogen) atoms. The van der Waals surface area contributed by atoms with Crippen molar-refractivity contribution in [2.75, 3.05) is 25.6 Å². The van der Waals surface area contributed by atoms with E-state index in [0.717, 1.165) is 6.07 Å². The molecule has 0 amide bonds. The first kappa shape index (κ1) is 14.4. The van der Waals surface area contributed by atoms with Crippen LogP contribution in [0.4, 0.5) is 10.1 Å². The van der Waals surface area contributed by atoms with Gasteiger partial charge in [-0.25, -0.2) is 9.18 Å². The molecule has 0 aliphatic heterocycles. The molecule has 0 saturated carbocycles. The van der Waals surface area contributed by atoms with Gasteiger partial charge < -0.3 is 20.3 Å². The zero-order valence-electron chi connectivity index (χ0n) is 10.0. The number of aromatic carboxylic acids is 1. The van der Waals surface area contributed by atoms with Gasteiger partial charge in [-0.15, -0.1) is 0 Å². The maximum absolute atomic E-state index is 13.5. The Bertz CT molecular complexity index is 411. The zero-order valence-corrected chi connectivity index (χ0v) is 10.0. The first-order valence-corrected chi connectivity index (χ1v) is 5.48. The SMILES string of the molecule is COCC(O)CCNc1ccc(C(=O)O)cc1F. The van der Waals surface area contributed by atoms with E-state index >= 15 is 0 Å². The zero-order chi connectivity index (χ0) is 13.5. The number of anilines is 1. The number of carbonyl (C=O) groups is 1. The minimum absolute atomic E-state index is 0.0996. The van der Waals surface area contributed by atoms with Crippen LogP contribution in [0.5, 0.6) is 0 Å². The number of carboxylic acids is 1. The fourth-order valence-corrected chi connectivity index (χ4v) is 1.44. The summed E-state index contributed by atoms with van der Waals surface area (Å²) in [6, 6.07) is 3.64. The van der Waals surface area contributed by atoms with Gasteiger partial charge in [0.15, 0.2) is 0 Å². The van der Waals surface area contributed by atoms with E-state index in [4.69, 9.17) is 9.84 Å². The average Bonchev–Trinajstić information content (AvgIpc) is 2.31. The highest BCUT2D eigenvalue weighted by molar-refractivity contribution is 5.88. The van der Waals surface area contributed by atoms with Crippen molar-refractivity contribution in [3.05, 3.63) is 29.6 Å². The van der Waals surface area contributed by atoms with Crippen molar-refractivity contribution in [2.24, 2.45) is 0 Å². The number of hydrogen-bond acceptors (Lipinski definition) is 4. The first-order valence-electron chi connectivity index (χ1n) is 5.48. The summed E-state index contributed by atoms with van der Waals surface area (Å²) in [7, 11) is 1.49. The lowest BCUT2D eigenvalue weighted by molar-refractivity contribution is 0.0615. The molecule has 1 unspecified atom stereocenters. The van der Waals surface area contributed by atoms with E-state index in [-0.39, 0.29) is 17.9 Å². The van der Waals surface area contributed by atoms with Crippen molar-refractivity contribution < 1.29 is 24.1 Å². The number of carboxylic acid groups (broad SMARTS) is 1. The molecule has 0 fully saturated rings. The number of halogens is 1. The number of benzene rings is 1. The van der Waals surface area contributed by atoms with Gasteiger partial charge in [-0.2, -0.15) is 0 Å². The van der Waals surface area contributed by atoms with Gasteiger partial charge in [0.25, 0.3) is 0 Å². The van der Waals surface area contributed by atoms with Crippen LogP contribution >= 0.6 is 0 Å². The van der Waals surface area contributed by atoms with Gasteiger partial charge in [-0.3, -0.25) is 0 Å². The number of rotatable bonds is 7. The van der Waals surface area contributed by atoms with Gasteiger partial charge in [0, 0.05) is 13.7 Å². The molecule has 1 atom stereocenters. The molecule has 1 aromatic carbocycles. The predicted octanol–water partition coefficient (Wildman–Crippen LogP) is 1.33. The monoisotopic (exact) mass is 257 g/mol. The van der Waals surface area contributed by atoms with E-state index in [1.165, 1.54) is 19.2 Å². The van der Waals surface area contributed by atoms with Crippen LogP contribution in [0.25, 0.3) is 0 Å². The van der Waals surface area contributed by atoms with E-state index in [0.29, 0.717) is 13.0 Å². The molecule has 0 aromatic heterocycles. The van der Waals surface area contributed by atoms with Crippen molar-refractivity contribution in [1.29, 1.82) is 0 Å². The lowest BCUT2D eigenvalue weighted by Crippen LogP contribution is -2.18. The van der Waals surface area contributed by atoms with Crippen molar-refractivity contribution in [1.82, 2.24) is 0 Å². The summed E-state index contributed by atoms with van der Waals surface area (Å²) >= 11 is 0. The summed E-state index contributed by atoms with van der Waals surface area (Å²) in [5.74, 6) is -1.80. The molecular formula is C12H16FNO4. The first-order chi connectivity index (χ1) is 8.54. The predicted molar refractivity (Wildman–Crippen MR) is 64.3 cm³/mol. The largest absolute Gasteiger partial charge is 0.478 e. The second-order valence-corrected chi connectivity index (χ2v) is 3.82. The molecule has 0 aliphatic carbocycles. The number of ether oxygens (including phenoxy) is 1. The van der Waals surface area contributed by atoms with Gasteiger partial charge >= 0.3 is 5.97 Å². The molecule has 0 radical (unpaired) electrons. The van der Waals surface area contributed by atoms with E-state index in [2.05, 4.69) is 5.32 Å². The minimum atomic E-state index is -1.17. The second kappa shape index (κ2) is 6.93. The fraction of sp³-hybridized carbons (Fsp3) is 0.417. The van der Waals surface area contributed by atoms with Crippen molar-refractivity contribution in [3.8, 4) is 0 Å². The molecule has 0 aliphatic rings. The number of aliphatic hydroxyl groups excluding tert-OH is 1. The lowest BCUT2D eigenvalue weighted by Gasteiger charge is -2.11. The Morgan fingerprint density at radius 1 is 1.56 bits per heavy atom. The normalized spacial score (nSPS) is 12.2. The third-order valence-electron chi connectivity index (χ3n) is 2.37. The molecule has 0 heterocycles. The average molecular weight is 257 g/mol. The highest BCUT2D eigenvalue weighted by Gasteiger charge is 2.08. The summed E-state index contributed by atoms with van der Waals surface area (Å²) in [5, 5.41) is 20.8. The summed E-state index contributed by atoms with van der Waals surface area (Å²) in [5.41, 5.74) is 0.113. The molecule has 1 rings (SSSR count). The van der Waals surface area contributed by atoms with Crippen LogP contribution < -0.4 is 5.32 Å². The topological polar surface area (TPSA) is 78.8 Å². The molecule has 1 aromatic rings. The van der Waals surface area contributed by atoms with Gasteiger partial charge in [0.05, 0.1) is 24.0 Å². The third-order valence-corrected chi connectivity index (χ3v) is 2.37. The molecule has 3 N–H and O–H groups in total. The summed E-state index contributed by atoms with van der Waals surface area (Å²) < 4.78 is 18.2. The molecule has 0 saturated heterocycles. The van der Waals surface area contributed by atoms with E-state index < -0.39 is 17.9 Å². The fourth-order valence-electron chi connectivity index (χ4n) is 1.44. The van der Waals surface area contributed by atoms with E-state index in [1.807, 2.05) is 0 Å². The number of nitrogens with one attached hydrogen (secondary N) is 1. The van der Waals surface area contributed by atoms with Crippen LogP contribution in [0.15, 0.2) is 18.2 Å². The Kier molecular flexibility index (Phi) is 5.54. The summed E-state index contributed by atoms with van der Waals surface area (Å²) in [6.45, 7) is 0.593. The van der Waals surface area contributed by atoms with Crippen molar-refractivity contribution in [2.45, 2.75) is 12.5 Å². The Morgan fingerprint density at radius 2 is 2.28 bits per heavy atom. The summed E-state index contributed by atoms with van der Waals surface area (Å²) in [4.78, 5) is 10.6. The smallest absolute Gasteiger partial charge is 0.335 e. The molecule has 6 heteroatoms. The van der Waals surface area contributed by atoms with Crippen LogP contribution in [0, 0.1) is 5.82 Å². The highest BCUT2D eigenvalue weighted by Crippen LogP contribution is 2.15. The van der Waals surface area contributed by atoms with Crippen LogP contribution in [0.2, 0.25) is 0 Å². The standard InChI is InChI=1S/C12H16FNO4/c1-18-7-9(15)4-5-14-11-3-2-8(12(16)17)6-10(11)13/h2-3,6,9,14-15H,4-5,7H2,1H3,(H,16,17). The number of methoxy groups -OCH3 is 1. The van der Waals surface area contributed by atoms with Crippen LogP contribution in [-0.4, -0.2) is 42.5 Å². The Hall–Kier alpha value is -1.66. The molecule has 0 bridgehead atoms. The van der Waals surface area contributed by atoms with Crippen LogP contribution in [0.3, 0.4) is 0 Å². The molecule has 100 valence electrons. The Balaban J connectivity index is 2.50. The van der Waals surface area contributed by atoms with E-state index in [9.17, 15) is 14.3 Å². The minimum Gasteiger partial charge on any atom is -0.478 e. The highest BCUT2D eigenvalue weighted by atomic mass is 19.1. The Labute approximate surface area is 104 Å². The van der Waals surface area contributed by atoms with Crippen molar-refractivity contribution in [3.63, 3.8) is 0 Å². The maximum atomic E-state index is 13.5. The van der Waals surface area contributed by atoms with Crippen LogP contribution in [0.1, 0.15) is 16.8 Å². The van der Waals surface area contributed by atoms with Crippen molar-refractivity contribution >= 4 is 11.7 Å². The maximum Gasteiger partial charge on any atom is 0.335 e. The molecular weight excluding hydrogens is 241 g/mol. The third kappa shape index (κ3) is 4.31. The number of aliphatic hydroxyl groups is 1. The van der Waals surface area contributed by atoms with Gasteiger partial charge in [-0.05, 0) is 24.6 Å². The summed E-state index contributed by atoms with van der Waals surface area (Å²) in [6.07, 6.45) is -0.197. The Morgan fingerprint density at radius 3 is 2.83 bits per heavy atom. The quantitative estimate of drug-likeness (QED) is 0.687. The lowest BCUT2D eigenvalue weighted by atomic mass is 10.2. The molecule has 5 nitrogen and oxygen atoms in total. The molecule has 0 spiro atoms. The van der Waals surface area contributed by atoms with Crippen LogP contribution in [-0.2, 0) is 4.74 Å². The van der Waals surface area contributed by atoms with Gasteiger partial charge in [0.1, 0.15) is 5.82 Å². The van der Waals surface area contributed by atoms with E-state index in [1.54, 1.807) is 0 Å². The second-order valence-electron chi connectivity index (χ2n) is 3.82. The number of hydrogen-bond donors (Lipinski definition) is 3.